The van der Waals surface area contributed by atoms with Crippen molar-refractivity contribution in [3.8, 4) is 11.1 Å². The van der Waals surface area contributed by atoms with E-state index in [1.54, 1.807) is 43.3 Å². The molecule has 1 atom stereocenters. The quantitative estimate of drug-likeness (QED) is 0.285. The third-order valence-electron chi connectivity index (χ3n) is 7.34. The van der Waals surface area contributed by atoms with Crippen molar-refractivity contribution < 1.29 is 36.2 Å². The van der Waals surface area contributed by atoms with Crippen LogP contribution in [0.15, 0.2) is 65.6 Å². The monoisotopic (exact) mass is 589 g/mol. The zero-order valence-electron chi connectivity index (χ0n) is 22.3. The highest BCUT2D eigenvalue weighted by Gasteiger charge is 2.38. The van der Waals surface area contributed by atoms with Crippen LogP contribution in [0.1, 0.15) is 46.1 Å². The van der Waals surface area contributed by atoms with Crippen LogP contribution in [0.4, 0.5) is 26.3 Å². The normalized spacial score (nSPS) is 16.3. The van der Waals surface area contributed by atoms with E-state index in [0.29, 0.717) is 40.6 Å². The lowest BCUT2D eigenvalue weighted by Gasteiger charge is -2.32. The molecule has 0 bridgehead atoms. The predicted molar refractivity (Wildman–Crippen MR) is 142 cm³/mol. The van der Waals surface area contributed by atoms with Crippen molar-refractivity contribution in [1.82, 2.24) is 14.5 Å². The molecule has 12 heteroatoms. The molecular formula is C30H25F6N3O3. The van der Waals surface area contributed by atoms with Gasteiger partial charge in [-0.1, -0.05) is 37.3 Å². The fourth-order valence-electron chi connectivity index (χ4n) is 5.29. The molecule has 0 aliphatic carbocycles. The number of amides is 1. The Balaban J connectivity index is 1.71. The second-order valence-corrected chi connectivity index (χ2v) is 10.4. The number of hydrogen-bond donors (Lipinski definition) is 1. The molecule has 220 valence electrons. The Morgan fingerprint density at radius 3 is 2.17 bits per heavy atom. The fraction of sp³-hybridized carbons (Fsp3) is 0.300. The van der Waals surface area contributed by atoms with Crippen LogP contribution in [0.2, 0.25) is 0 Å². The highest BCUT2D eigenvalue weighted by molar-refractivity contribution is 6.07. The van der Waals surface area contributed by atoms with Gasteiger partial charge in [-0.2, -0.15) is 26.3 Å². The maximum Gasteiger partial charge on any atom is 0.416 e. The molecule has 6 nitrogen and oxygen atoms in total. The Kier molecular flexibility index (Phi) is 7.61. The van der Waals surface area contributed by atoms with E-state index in [9.17, 15) is 41.0 Å². The van der Waals surface area contributed by atoms with Crippen molar-refractivity contribution in [2.75, 3.05) is 6.54 Å². The van der Waals surface area contributed by atoms with Crippen molar-refractivity contribution >= 4 is 16.8 Å². The lowest BCUT2D eigenvalue weighted by molar-refractivity contribution is -0.143. The smallest absolute Gasteiger partial charge is 0.392 e. The molecule has 2 aromatic carbocycles. The largest absolute Gasteiger partial charge is 0.416 e. The van der Waals surface area contributed by atoms with Crippen LogP contribution in [-0.4, -0.2) is 32.0 Å². The zero-order valence-corrected chi connectivity index (χ0v) is 22.3. The van der Waals surface area contributed by atoms with Gasteiger partial charge in [-0.15, -0.1) is 0 Å². The second kappa shape index (κ2) is 10.9. The van der Waals surface area contributed by atoms with Crippen LogP contribution >= 0.6 is 0 Å². The second-order valence-electron chi connectivity index (χ2n) is 10.4. The number of aromatic nitrogens is 2. The molecular weight excluding hydrogens is 564 g/mol. The number of alkyl halides is 6. The van der Waals surface area contributed by atoms with Gasteiger partial charge in [0.2, 0.25) is 0 Å². The van der Waals surface area contributed by atoms with E-state index in [2.05, 4.69) is 4.98 Å². The molecule has 3 heterocycles. The number of aliphatic hydroxyl groups excluding tert-OH is 1. The molecule has 1 N–H and O–H groups in total. The van der Waals surface area contributed by atoms with E-state index in [1.807, 2.05) is 0 Å². The molecule has 0 fully saturated rings. The van der Waals surface area contributed by atoms with Crippen molar-refractivity contribution in [2.24, 2.45) is 5.92 Å². The average molecular weight is 590 g/mol. The van der Waals surface area contributed by atoms with Gasteiger partial charge in [0.05, 0.1) is 17.7 Å². The number of nitrogens with zero attached hydrogens (tertiary/aromatic N) is 3. The number of fused-ring (bicyclic) bond motifs is 2. The molecule has 1 amide bonds. The molecule has 0 spiro atoms. The van der Waals surface area contributed by atoms with Gasteiger partial charge in [-0.05, 0) is 53.3 Å². The van der Waals surface area contributed by atoms with Crippen LogP contribution in [0.25, 0.3) is 22.0 Å². The standard InChI is InChI=1S/C30H25F6N3O3/c1-17-8-10-39-26(24(20-6-4-18(16-40)5-7-20)23-3-2-9-37-25(23)27(39)41)28(42)38(14-17)15-19-11-21(29(31,32)33)13-22(12-19)30(34,35)36/h2-7,9,11-13,17,40H,8,10,14-16H2,1H3. The molecule has 1 aliphatic rings. The summed E-state index contributed by atoms with van der Waals surface area (Å²) >= 11 is 0. The summed E-state index contributed by atoms with van der Waals surface area (Å²) in [7, 11) is 0. The molecule has 0 radical (unpaired) electrons. The van der Waals surface area contributed by atoms with Gasteiger partial charge in [-0.3, -0.25) is 14.6 Å². The van der Waals surface area contributed by atoms with Crippen LogP contribution in [0.5, 0.6) is 0 Å². The van der Waals surface area contributed by atoms with Gasteiger partial charge < -0.3 is 14.6 Å². The number of hydrogen-bond acceptors (Lipinski definition) is 4. The van der Waals surface area contributed by atoms with Gasteiger partial charge in [0.15, 0.2) is 0 Å². The molecule has 0 saturated carbocycles. The summed E-state index contributed by atoms with van der Waals surface area (Å²) in [5.74, 6) is -0.940. The number of benzene rings is 2. The van der Waals surface area contributed by atoms with E-state index in [0.717, 1.165) is 0 Å². The number of carbonyl (C=O) groups excluding carboxylic acids is 1. The molecule has 1 aliphatic heterocycles. The van der Waals surface area contributed by atoms with Gasteiger partial charge in [-0.25, -0.2) is 0 Å². The maximum absolute atomic E-state index is 14.3. The summed E-state index contributed by atoms with van der Waals surface area (Å²) in [6.07, 6.45) is -8.22. The molecule has 0 saturated heterocycles. The molecule has 42 heavy (non-hydrogen) atoms. The Labute approximate surface area is 235 Å². The average Bonchev–Trinajstić information content (AvgIpc) is 2.94. The number of rotatable bonds is 4. The van der Waals surface area contributed by atoms with Crippen molar-refractivity contribution in [2.45, 2.75) is 45.4 Å². The zero-order chi connectivity index (χ0) is 30.4. The predicted octanol–water partition coefficient (Wildman–Crippen LogP) is 6.28. The minimum Gasteiger partial charge on any atom is -0.392 e. The van der Waals surface area contributed by atoms with Gasteiger partial charge in [0.1, 0.15) is 11.2 Å². The minimum atomic E-state index is -5.04. The maximum atomic E-state index is 14.3. The van der Waals surface area contributed by atoms with Crippen LogP contribution in [0.3, 0.4) is 0 Å². The molecule has 1 unspecified atom stereocenters. The van der Waals surface area contributed by atoms with E-state index >= 15 is 0 Å². The summed E-state index contributed by atoms with van der Waals surface area (Å²) in [6.45, 7) is 1.22. The van der Waals surface area contributed by atoms with Gasteiger partial charge in [0, 0.05) is 36.8 Å². The first-order valence-corrected chi connectivity index (χ1v) is 13.1. The number of carbonyl (C=O) groups is 1. The topological polar surface area (TPSA) is 75.4 Å². The molecule has 5 rings (SSSR count). The van der Waals surface area contributed by atoms with Crippen molar-refractivity contribution in [1.29, 1.82) is 0 Å². The Morgan fingerprint density at radius 1 is 0.929 bits per heavy atom. The van der Waals surface area contributed by atoms with E-state index in [4.69, 9.17) is 0 Å². The van der Waals surface area contributed by atoms with E-state index < -0.39 is 41.5 Å². The van der Waals surface area contributed by atoms with E-state index in [-0.39, 0.29) is 48.5 Å². The van der Waals surface area contributed by atoms with Gasteiger partial charge >= 0.3 is 12.4 Å². The van der Waals surface area contributed by atoms with Crippen molar-refractivity contribution in [3.63, 3.8) is 0 Å². The SMILES string of the molecule is CC1CCn2c(c(-c3ccc(CO)cc3)c3cccnc3c2=O)C(=O)N(Cc2cc(C(F)(F)F)cc(C(F)(F)F)c2)C1. The van der Waals surface area contributed by atoms with Crippen LogP contribution < -0.4 is 5.56 Å². The summed E-state index contributed by atoms with van der Waals surface area (Å²) in [6, 6.07) is 11.1. The molecule has 2 aromatic heterocycles. The van der Waals surface area contributed by atoms with Crippen molar-refractivity contribution in [3.05, 3.63) is 99.1 Å². The Morgan fingerprint density at radius 2 is 1.57 bits per heavy atom. The number of aliphatic hydroxyl groups is 1. The first-order valence-electron chi connectivity index (χ1n) is 13.1. The number of pyridine rings is 2. The van der Waals surface area contributed by atoms with Crippen LogP contribution in [-0.2, 0) is 32.0 Å². The molecule has 4 aromatic rings. The highest BCUT2D eigenvalue weighted by atomic mass is 19.4. The Hall–Kier alpha value is -4.19. The highest BCUT2D eigenvalue weighted by Crippen LogP contribution is 2.37. The lowest BCUT2D eigenvalue weighted by atomic mass is 9.95. The summed E-state index contributed by atoms with van der Waals surface area (Å²) in [5, 5.41) is 9.86. The third kappa shape index (κ3) is 5.63. The summed E-state index contributed by atoms with van der Waals surface area (Å²) < 4.78 is 82.6. The third-order valence-corrected chi connectivity index (χ3v) is 7.34. The number of halogens is 6. The lowest BCUT2D eigenvalue weighted by Crippen LogP contribution is -2.41. The summed E-state index contributed by atoms with van der Waals surface area (Å²) in [4.78, 5) is 33.3. The van der Waals surface area contributed by atoms with E-state index in [1.165, 1.54) is 15.7 Å². The van der Waals surface area contributed by atoms with Gasteiger partial charge in [0.25, 0.3) is 11.5 Å². The summed E-state index contributed by atoms with van der Waals surface area (Å²) in [5.41, 5.74) is -2.27. The first-order chi connectivity index (χ1) is 19.8. The Bertz CT molecular complexity index is 1680. The minimum absolute atomic E-state index is 0.0350. The fourth-order valence-corrected chi connectivity index (χ4v) is 5.29. The van der Waals surface area contributed by atoms with Crippen LogP contribution in [0, 0.1) is 5.92 Å². The first kappa shape index (κ1) is 29.3.